The van der Waals surface area contributed by atoms with Gasteiger partial charge in [0, 0.05) is 13.1 Å². The molecule has 0 bridgehead atoms. The normalized spacial score (nSPS) is 17.5. The summed E-state index contributed by atoms with van der Waals surface area (Å²) in [5, 5.41) is 12.1. The average molecular weight is 435 g/mol. The van der Waals surface area contributed by atoms with E-state index >= 15 is 0 Å². The third kappa shape index (κ3) is 3.64. The van der Waals surface area contributed by atoms with Crippen LogP contribution in [0.25, 0.3) is 31.8 Å². The van der Waals surface area contributed by atoms with Crippen molar-refractivity contribution in [3.63, 3.8) is 0 Å². The number of thiazole rings is 1. The van der Waals surface area contributed by atoms with Gasteiger partial charge >= 0.3 is 0 Å². The molecule has 5 rings (SSSR count). The van der Waals surface area contributed by atoms with Crippen molar-refractivity contribution in [2.45, 2.75) is 39.7 Å². The van der Waals surface area contributed by atoms with Crippen molar-refractivity contribution < 1.29 is 9.52 Å². The molecule has 6 heteroatoms. The van der Waals surface area contributed by atoms with E-state index in [2.05, 4.69) is 16.8 Å². The Hall–Kier alpha value is -2.70. The van der Waals surface area contributed by atoms with Crippen molar-refractivity contribution in [2.24, 2.45) is 5.92 Å². The first-order chi connectivity index (χ1) is 15.0. The summed E-state index contributed by atoms with van der Waals surface area (Å²) in [6, 6.07) is 9.65. The number of fused-ring (bicyclic) bond motifs is 2. The van der Waals surface area contributed by atoms with Crippen LogP contribution >= 0.6 is 11.3 Å². The maximum atomic E-state index is 13.5. The van der Waals surface area contributed by atoms with Gasteiger partial charge in [0.05, 0.1) is 26.7 Å². The monoisotopic (exact) mass is 434 g/mol. The second kappa shape index (κ2) is 8.09. The third-order valence-electron chi connectivity index (χ3n) is 6.24. The van der Waals surface area contributed by atoms with Crippen LogP contribution in [0, 0.1) is 5.92 Å². The molecule has 160 valence electrons. The predicted molar refractivity (Wildman–Crippen MR) is 126 cm³/mol. The summed E-state index contributed by atoms with van der Waals surface area (Å²) in [4.78, 5) is 20.5. The van der Waals surface area contributed by atoms with E-state index in [9.17, 15) is 9.90 Å². The molecule has 5 nitrogen and oxygen atoms in total. The Labute approximate surface area is 185 Å². The molecular weight excluding hydrogens is 408 g/mol. The van der Waals surface area contributed by atoms with Crippen LogP contribution in [-0.4, -0.2) is 28.1 Å². The second-order valence-electron chi connectivity index (χ2n) is 8.54. The molecule has 4 aromatic rings. The van der Waals surface area contributed by atoms with E-state index in [1.807, 2.05) is 31.2 Å². The summed E-state index contributed by atoms with van der Waals surface area (Å²) in [6.07, 6.45) is 4.55. The number of para-hydroxylation sites is 1. The van der Waals surface area contributed by atoms with Crippen molar-refractivity contribution >= 4 is 32.5 Å². The first kappa shape index (κ1) is 20.2. The van der Waals surface area contributed by atoms with Crippen LogP contribution in [-0.2, 0) is 13.0 Å². The average Bonchev–Trinajstić information content (AvgIpc) is 3.20. The minimum Gasteiger partial charge on any atom is -0.507 e. The lowest BCUT2D eigenvalue weighted by Gasteiger charge is -2.31. The summed E-state index contributed by atoms with van der Waals surface area (Å²) in [5.74, 6) is 0.887. The van der Waals surface area contributed by atoms with E-state index in [1.165, 1.54) is 24.0 Å². The number of aromatic hydroxyl groups is 1. The van der Waals surface area contributed by atoms with Crippen LogP contribution in [0.3, 0.4) is 0 Å². The van der Waals surface area contributed by atoms with Gasteiger partial charge in [0.2, 0.25) is 5.43 Å². The van der Waals surface area contributed by atoms with Gasteiger partial charge in [-0.2, -0.15) is 0 Å². The first-order valence-electron chi connectivity index (χ1n) is 10.9. The fraction of sp³-hybridized carbons (Fsp3) is 0.360. The number of aromatic nitrogens is 1. The maximum absolute atomic E-state index is 13.5. The molecule has 1 atom stereocenters. The molecule has 2 aromatic heterocycles. The van der Waals surface area contributed by atoms with Gasteiger partial charge in [-0.05, 0) is 55.5 Å². The smallest absolute Gasteiger partial charge is 0.202 e. The molecule has 1 fully saturated rings. The fourth-order valence-corrected chi connectivity index (χ4v) is 5.56. The molecule has 1 N–H and O–H groups in total. The number of nitrogens with zero attached hydrogens (tertiary/aromatic N) is 2. The number of phenols is 1. The predicted octanol–water partition coefficient (Wildman–Crippen LogP) is 5.57. The molecule has 31 heavy (non-hydrogen) atoms. The number of hydrogen-bond acceptors (Lipinski definition) is 6. The number of benzene rings is 2. The Kier molecular flexibility index (Phi) is 5.28. The lowest BCUT2D eigenvalue weighted by molar-refractivity contribution is 0.175. The van der Waals surface area contributed by atoms with Crippen molar-refractivity contribution in [1.82, 2.24) is 9.88 Å². The Morgan fingerprint density at radius 1 is 1.32 bits per heavy atom. The van der Waals surface area contributed by atoms with Crippen molar-refractivity contribution in [1.29, 1.82) is 0 Å². The van der Waals surface area contributed by atoms with Gasteiger partial charge in [-0.15, -0.1) is 11.3 Å². The van der Waals surface area contributed by atoms with Gasteiger partial charge < -0.3 is 9.52 Å². The number of aryl methyl sites for hydroxylation is 1. The Morgan fingerprint density at radius 2 is 2.16 bits per heavy atom. The molecule has 0 spiro atoms. The number of likely N-dealkylation sites (tertiary alicyclic amines) is 1. The summed E-state index contributed by atoms with van der Waals surface area (Å²) in [5.41, 5.74) is 3.24. The highest BCUT2D eigenvalue weighted by atomic mass is 32.1. The fourth-order valence-electron chi connectivity index (χ4n) is 4.60. The molecule has 1 saturated heterocycles. The van der Waals surface area contributed by atoms with Gasteiger partial charge in [0.15, 0.2) is 0 Å². The van der Waals surface area contributed by atoms with Gasteiger partial charge in [-0.1, -0.05) is 26.0 Å². The van der Waals surface area contributed by atoms with E-state index in [4.69, 9.17) is 4.42 Å². The summed E-state index contributed by atoms with van der Waals surface area (Å²) in [7, 11) is 0. The lowest BCUT2D eigenvalue weighted by atomic mass is 9.97. The molecule has 0 aliphatic carbocycles. The zero-order chi connectivity index (χ0) is 21.5. The Bertz CT molecular complexity index is 1290. The minimum absolute atomic E-state index is 0.0942. The number of rotatable bonds is 4. The molecule has 0 radical (unpaired) electrons. The molecule has 0 amide bonds. The van der Waals surface area contributed by atoms with Crippen LogP contribution in [0.1, 0.15) is 37.8 Å². The van der Waals surface area contributed by atoms with Gasteiger partial charge in [0.1, 0.15) is 22.6 Å². The van der Waals surface area contributed by atoms with Gasteiger partial charge in [-0.25, -0.2) is 4.98 Å². The first-order valence-corrected chi connectivity index (χ1v) is 11.7. The van der Waals surface area contributed by atoms with Crippen LogP contribution < -0.4 is 5.43 Å². The van der Waals surface area contributed by atoms with E-state index in [-0.39, 0.29) is 11.2 Å². The molecule has 0 saturated carbocycles. The molecule has 1 aliphatic rings. The third-order valence-corrected chi connectivity index (χ3v) is 7.31. The van der Waals surface area contributed by atoms with E-state index in [0.717, 1.165) is 40.9 Å². The van der Waals surface area contributed by atoms with Crippen LogP contribution in [0.2, 0.25) is 0 Å². The van der Waals surface area contributed by atoms with Crippen LogP contribution in [0.15, 0.2) is 45.8 Å². The molecule has 0 unspecified atom stereocenters. The molecule has 2 aromatic carbocycles. The Morgan fingerprint density at radius 3 is 2.94 bits per heavy atom. The van der Waals surface area contributed by atoms with Crippen LogP contribution in [0.5, 0.6) is 5.75 Å². The number of piperidine rings is 1. The summed E-state index contributed by atoms with van der Waals surface area (Å²) < 4.78 is 7.07. The summed E-state index contributed by atoms with van der Waals surface area (Å²) in [6.45, 7) is 6.83. The number of hydrogen-bond donors (Lipinski definition) is 1. The quantitative estimate of drug-likeness (QED) is 0.455. The summed E-state index contributed by atoms with van der Waals surface area (Å²) >= 11 is 1.49. The zero-order valence-electron chi connectivity index (χ0n) is 17.9. The highest BCUT2D eigenvalue weighted by molar-refractivity contribution is 7.21. The largest absolute Gasteiger partial charge is 0.507 e. The highest BCUT2D eigenvalue weighted by Gasteiger charge is 2.23. The van der Waals surface area contributed by atoms with E-state index in [1.54, 1.807) is 6.07 Å². The SMILES string of the molecule is CCc1cc2c(=O)c(-c3nc4ccccc4s3)coc2c(CN2CCC[C@H](C)C2)c1O. The Balaban J connectivity index is 1.65. The maximum Gasteiger partial charge on any atom is 0.202 e. The van der Waals surface area contributed by atoms with Crippen molar-refractivity contribution in [3.05, 3.63) is 57.9 Å². The standard InChI is InChI=1S/C25H26N2O3S/c1-3-16-11-17-23(29)19(25-26-20-8-4-5-9-21(20)31-25)14-30-24(17)18(22(16)28)13-27-10-6-7-15(2)12-27/h4-5,8-9,11,14-15,28H,3,6-7,10,12-13H2,1-2H3/t15-/m0/s1. The van der Waals surface area contributed by atoms with E-state index < -0.39 is 0 Å². The van der Waals surface area contributed by atoms with Crippen LogP contribution in [0.4, 0.5) is 0 Å². The molecule has 3 heterocycles. The highest BCUT2D eigenvalue weighted by Crippen LogP contribution is 2.35. The topological polar surface area (TPSA) is 66.6 Å². The zero-order valence-corrected chi connectivity index (χ0v) is 18.7. The van der Waals surface area contributed by atoms with Gasteiger partial charge in [0.25, 0.3) is 0 Å². The minimum atomic E-state index is -0.0942. The van der Waals surface area contributed by atoms with Crippen molar-refractivity contribution in [2.75, 3.05) is 13.1 Å². The van der Waals surface area contributed by atoms with Crippen molar-refractivity contribution in [3.8, 4) is 16.3 Å². The second-order valence-corrected chi connectivity index (χ2v) is 9.57. The van der Waals surface area contributed by atoms with Gasteiger partial charge in [-0.3, -0.25) is 9.69 Å². The van der Waals surface area contributed by atoms with E-state index in [0.29, 0.717) is 40.4 Å². The molecule has 1 aliphatic heterocycles. The number of phenolic OH excluding ortho intramolecular Hbond substituents is 1. The lowest BCUT2D eigenvalue weighted by Crippen LogP contribution is -2.33. The molecular formula is C25H26N2O3S.